The van der Waals surface area contributed by atoms with Crippen LogP contribution in [0.4, 0.5) is 0 Å². The Morgan fingerprint density at radius 1 is 1.29 bits per heavy atom. The standard InChI is InChI=1S/C12H26N2/c1-5-11(9-13-8-10(2)3)14(4)12-6-7-12/h10-13H,5-9H2,1-4H3. The van der Waals surface area contributed by atoms with Crippen molar-refractivity contribution in [2.75, 3.05) is 20.1 Å². The third kappa shape index (κ3) is 3.97. The van der Waals surface area contributed by atoms with E-state index in [4.69, 9.17) is 0 Å². The predicted octanol–water partition coefficient (Wildman–Crippen LogP) is 2.10. The van der Waals surface area contributed by atoms with E-state index in [-0.39, 0.29) is 0 Å². The van der Waals surface area contributed by atoms with E-state index in [9.17, 15) is 0 Å². The number of rotatable bonds is 7. The van der Waals surface area contributed by atoms with Gasteiger partial charge in [0.25, 0.3) is 0 Å². The Morgan fingerprint density at radius 2 is 1.93 bits per heavy atom. The number of nitrogens with one attached hydrogen (secondary N) is 1. The molecule has 0 aromatic rings. The fourth-order valence-corrected chi connectivity index (χ4v) is 1.89. The third-order valence-corrected chi connectivity index (χ3v) is 3.10. The zero-order valence-electron chi connectivity index (χ0n) is 10.2. The summed E-state index contributed by atoms with van der Waals surface area (Å²) in [5.41, 5.74) is 0. The van der Waals surface area contributed by atoms with Crippen molar-refractivity contribution in [3.05, 3.63) is 0 Å². The summed E-state index contributed by atoms with van der Waals surface area (Å²) in [6.07, 6.45) is 4.09. The minimum absolute atomic E-state index is 0.737. The van der Waals surface area contributed by atoms with Gasteiger partial charge in [0.15, 0.2) is 0 Å². The van der Waals surface area contributed by atoms with Gasteiger partial charge in [-0.05, 0) is 38.8 Å². The monoisotopic (exact) mass is 198 g/mol. The topological polar surface area (TPSA) is 15.3 Å². The Labute approximate surface area is 89.1 Å². The Bertz CT molecular complexity index is 152. The summed E-state index contributed by atoms with van der Waals surface area (Å²) in [4.78, 5) is 2.56. The van der Waals surface area contributed by atoms with Crippen molar-refractivity contribution >= 4 is 0 Å². The van der Waals surface area contributed by atoms with Gasteiger partial charge in [0, 0.05) is 18.6 Å². The molecule has 0 saturated heterocycles. The summed E-state index contributed by atoms with van der Waals surface area (Å²) in [6.45, 7) is 9.12. The molecule has 0 bridgehead atoms. The average molecular weight is 198 g/mol. The molecule has 14 heavy (non-hydrogen) atoms. The van der Waals surface area contributed by atoms with Crippen LogP contribution in [0.2, 0.25) is 0 Å². The van der Waals surface area contributed by atoms with E-state index < -0.39 is 0 Å². The second kappa shape index (κ2) is 5.72. The highest BCUT2D eigenvalue weighted by atomic mass is 15.2. The highest BCUT2D eigenvalue weighted by Crippen LogP contribution is 2.27. The minimum Gasteiger partial charge on any atom is -0.315 e. The van der Waals surface area contributed by atoms with Crippen molar-refractivity contribution in [2.24, 2.45) is 5.92 Å². The summed E-state index contributed by atoms with van der Waals surface area (Å²) in [7, 11) is 2.28. The fourth-order valence-electron chi connectivity index (χ4n) is 1.89. The Kier molecular flexibility index (Phi) is 4.90. The summed E-state index contributed by atoms with van der Waals surface area (Å²) in [5.74, 6) is 0.763. The third-order valence-electron chi connectivity index (χ3n) is 3.10. The van der Waals surface area contributed by atoms with E-state index in [1.54, 1.807) is 0 Å². The van der Waals surface area contributed by atoms with E-state index in [2.05, 4.69) is 38.0 Å². The molecule has 1 fully saturated rings. The van der Waals surface area contributed by atoms with Crippen LogP contribution in [0.1, 0.15) is 40.0 Å². The minimum atomic E-state index is 0.737. The van der Waals surface area contributed by atoms with Gasteiger partial charge >= 0.3 is 0 Å². The fraction of sp³-hybridized carbons (Fsp3) is 1.00. The van der Waals surface area contributed by atoms with E-state index in [0.29, 0.717) is 0 Å². The zero-order valence-corrected chi connectivity index (χ0v) is 10.2. The van der Waals surface area contributed by atoms with Crippen LogP contribution in [0.25, 0.3) is 0 Å². The summed E-state index contributed by atoms with van der Waals surface area (Å²) in [6, 6.07) is 1.63. The molecule has 0 amide bonds. The second-order valence-electron chi connectivity index (χ2n) is 5.01. The van der Waals surface area contributed by atoms with Crippen LogP contribution in [0.3, 0.4) is 0 Å². The number of likely N-dealkylation sites (N-methyl/N-ethyl adjacent to an activating group) is 1. The van der Waals surface area contributed by atoms with Crippen LogP contribution in [0, 0.1) is 5.92 Å². The molecular weight excluding hydrogens is 172 g/mol. The highest BCUT2D eigenvalue weighted by Gasteiger charge is 2.29. The number of hydrogen-bond acceptors (Lipinski definition) is 2. The van der Waals surface area contributed by atoms with Crippen LogP contribution in [0.5, 0.6) is 0 Å². The highest BCUT2D eigenvalue weighted by molar-refractivity contribution is 4.86. The van der Waals surface area contributed by atoms with Crippen LogP contribution < -0.4 is 5.32 Å². The van der Waals surface area contributed by atoms with E-state index >= 15 is 0 Å². The van der Waals surface area contributed by atoms with Crippen LogP contribution in [-0.2, 0) is 0 Å². The molecule has 2 heteroatoms. The largest absolute Gasteiger partial charge is 0.315 e. The maximum Gasteiger partial charge on any atom is 0.0217 e. The van der Waals surface area contributed by atoms with Gasteiger partial charge in [-0.1, -0.05) is 20.8 Å². The first-order valence-corrected chi connectivity index (χ1v) is 6.07. The van der Waals surface area contributed by atoms with Crippen LogP contribution >= 0.6 is 0 Å². The van der Waals surface area contributed by atoms with Gasteiger partial charge < -0.3 is 5.32 Å². The number of hydrogen-bond donors (Lipinski definition) is 1. The first-order chi connectivity index (χ1) is 6.65. The molecule has 1 atom stereocenters. The van der Waals surface area contributed by atoms with Crippen molar-refractivity contribution in [2.45, 2.75) is 52.1 Å². The Balaban J connectivity index is 2.16. The first kappa shape index (κ1) is 12.0. The molecule has 0 aliphatic heterocycles. The molecule has 2 nitrogen and oxygen atoms in total. The molecule has 1 aliphatic rings. The molecule has 0 aromatic heterocycles. The van der Waals surface area contributed by atoms with Crippen LogP contribution in [0.15, 0.2) is 0 Å². The maximum absolute atomic E-state index is 3.56. The SMILES string of the molecule is CCC(CNCC(C)C)N(C)C1CC1. The first-order valence-electron chi connectivity index (χ1n) is 6.07. The molecule has 0 heterocycles. The van der Waals surface area contributed by atoms with Crippen molar-refractivity contribution < 1.29 is 0 Å². The molecule has 1 unspecified atom stereocenters. The molecular formula is C12H26N2. The van der Waals surface area contributed by atoms with E-state index in [0.717, 1.165) is 31.1 Å². The summed E-state index contributed by atoms with van der Waals surface area (Å²) in [5, 5.41) is 3.56. The second-order valence-corrected chi connectivity index (χ2v) is 5.01. The Morgan fingerprint density at radius 3 is 2.36 bits per heavy atom. The van der Waals surface area contributed by atoms with Gasteiger partial charge in [-0.15, -0.1) is 0 Å². The lowest BCUT2D eigenvalue weighted by atomic mass is 10.1. The molecule has 1 saturated carbocycles. The average Bonchev–Trinajstić information content (AvgIpc) is 2.94. The normalized spacial score (nSPS) is 19.3. The van der Waals surface area contributed by atoms with Gasteiger partial charge in [-0.3, -0.25) is 4.90 Å². The van der Waals surface area contributed by atoms with Crippen LogP contribution in [-0.4, -0.2) is 37.1 Å². The molecule has 1 rings (SSSR count). The lowest BCUT2D eigenvalue weighted by Crippen LogP contribution is -2.41. The van der Waals surface area contributed by atoms with E-state index in [1.165, 1.54) is 19.3 Å². The predicted molar refractivity (Wildman–Crippen MR) is 62.6 cm³/mol. The lowest BCUT2D eigenvalue weighted by Gasteiger charge is -2.27. The Hall–Kier alpha value is -0.0800. The summed E-state index contributed by atoms with van der Waals surface area (Å²) >= 11 is 0. The molecule has 1 N–H and O–H groups in total. The van der Waals surface area contributed by atoms with E-state index in [1.807, 2.05) is 0 Å². The van der Waals surface area contributed by atoms with Crippen molar-refractivity contribution in [3.8, 4) is 0 Å². The molecule has 1 aliphatic carbocycles. The van der Waals surface area contributed by atoms with Crippen molar-refractivity contribution in [3.63, 3.8) is 0 Å². The zero-order chi connectivity index (χ0) is 10.6. The smallest absolute Gasteiger partial charge is 0.0217 e. The molecule has 0 aromatic carbocycles. The molecule has 84 valence electrons. The van der Waals surface area contributed by atoms with Crippen molar-refractivity contribution in [1.82, 2.24) is 10.2 Å². The van der Waals surface area contributed by atoms with Gasteiger partial charge in [-0.2, -0.15) is 0 Å². The van der Waals surface area contributed by atoms with Gasteiger partial charge in [0.2, 0.25) is 0 Å². The van der Waals surface area contributed by atoms with Crippen molar-refractivity contribution in [1.29, 1.82) is 0 Å². The summed E-state index contributed by atoms with van der Waals surface area (Å²) < 4.78 is 0. The maximum atomic E-state index is 3.56. The lowest BCUT2D eigenvalue weighted by molar-refractivity contribution is 0.218. The van der Waals surface area contributed by atoms with Gasteiger partial charge in [-0.25, -0.2) is 0 Å². The van der Waals surface area contributed by atoms with Gasteiger partial charge in [0.05, 0.1) is 0 Å². The quantitative estimate of drug-likeness (QED) is 0.674. The van der Waals surface area contributed by atoms with Gasteiger partial charge in [0.1, 0.15) is 0 Å². The molecule has 0 radical (unpaired) electrons. The number of nitrogens with zero attached hydrogens (tertiary/aromatic N) is 1. The molecule has 0 spiro atoms.